The molecule has 1 heterocycles. The van der Waals surface area contributed by atoms with Crippen LogP contribution in [0.5, 0.6) is 0 Å². The number of pyridine rings is 1. The summed E-state index contributed by atoms with van der Waals surface area (Å²) in [6, 6.07) is 13.2. The number of rotatable bonds is 3. The summed E-state index contributed by atoms with van der Waals surface area (Å²) in [4.78, 5) is 14.4. The lowest BCUT2D eigenvalue weighted by Crippen LogP contribution is -2.13. The van der Waals surface area contributed by atoms with Gasteiger partial charge in [0.05, 0.1) is 11.9 Å². The van der Waals surface area contributed by atoms with Gasteiger partial charge < -0.3 is 5.11 Å². The maximum absolute atomic E-state index is 10.2. The van der Waals surface area contributed by atoms with E-state index in [2.05, 4.69) is 10.1 Å². The Morgan fingerprint density at radius 3 is 2.61 bits per heavy atom. The summed E-state index contributed by atoms with van der Waals surface area (Å²) < 4.78 is 0. The van der Waals surface area contributed by atoms with Gasteiger partial charge in [-0.25, -0.2) is 10.2 Å². The minimum Gasteiger partial charge on any atom is -0.464 e. The molecule has 90 valence electrons. The highest BCUT2D eigenvalue weighted by Gasteiger charge is 1.97. The van der Waals surface area contributed by atoms with Crippen LogP contribution in [0.2, 0.25) is 0 Å². The summed E-state index contributed by atoms with van der Waals surface area (Å²) in [5.41, 5.74) is 4.61. The van der Waals surface area contributed by atoms with E-state index in [0.717, 1.165) is 16.8 Å². The molecule has 1 amide bonds. The third kappa shape index (κ3) is 3.15. The Kier molecular flexibility index (Phi) is 3.66. The molecule has 2 rings (SSSR count). The molecule has 0 spiro atoms. The number of nitrogens with one attached hydrogen (secondary N) is 1. The minimum atomic E-state index is -1.18. The van der Waals surface area contributed by atoms with Crippen molar-refractivity contribution in [3.63, 3.8) is 0 Å². The van der Waals surface area contributed by atoms with Crippen LogP contribution in [0.3, 0.4) is 0 Å². The van der Waals surface area contributed by atoms with Gasteiger partial charge in [0.25, 0.3) is 0 Å². The van der Waals surface area contributed by atoms with Crippen molar-refractivity contribution in [2.24, 2.45) is 5.10 Å². The zero-order valence-corrected chi connectivity index (χ0v) is 9.45. The van der Waals surface area contributed by atoms with Crippen molar-refractivity contribution in [3.8, 4) is 11.3 Å². The zero-order valence-electron chi connectivity index (χ0n) is 9.45. The lowest BCUT2D eigenvalue weighted by atomic mass is 10.1. The van der Waals surface area contributed by atoms with E-state index in [4.69, 9.17) is 5.11 Å². The summed E-state index contributed by atoms with van der Waals surface area (Å²) in [6.45, 7) is 0. The number of hydrogen-bond donors (Lipinski definition) is 2. The van der Waals surface area contributed by atoms with Crippen molar-refractivity contribution in [2.45, 2.75) is 0 Å². The maximum Gasteiger partial charge on any atom is 0.425 e. The number of carboxylic acid groups (broad SMARTS) is 1. The zero-order chi connectivity index (χ0) is 12.8. The van der Waals surface area contributed by atoms with Crippen LogP contribution in [0.1, 0.15) is 5.56 Å². The minimum absolute atomic E-state index is 0.809. The highest BCUT2D eigenvalue weighted by Crippen LogP contribution is 2.15. The average Bonchev–Trinajstić information content (AvgIpc) is 2.40. The average molecular weight is 241 g/mol. The molecule has 0 atom stereocenters. The van der Waals surface area contributed by atoms with Gasteiger partial charge in [0.2, 0.25) is 0 Å². The third-order valence-electron chi connectivity index (χ3n) is 2.25. The van der Waals surface area contributed by atoms with Crippen LogP contribution in [-0.2, 0) is 0 Å². The lowest BCUT2D eigenvalue weighted by Gasteiger charge is -2.00. The molecular weight excluding hydrogens is 230 g/mol. The first kappa shape index (κ1) is 11.8. The van der Waals surface area contributed by atoms with E-state index in [1.54, 1.807) is 6.20 Å². The van der Waals surface area contributed by atoms with Crippen LogP contribution >= 0.6 is 0 Å². The maximum atomic E-state index is 10.2. The SMILES string of the molecule is O=C(O)N/N=C\c1ccc(-c2ccccn2)cc1. The van der Waals surface area contributed by atoms with Gasteiger partial charge in [-0.3, -0.25) is 4.98 Å². The number of benzene rings is 1. The smallest absolute Gasteiger partial charge is 0.425 e. The predicted octanol–water partition coefficient (Wildman–Crippen LogP) is 2.35. The van der Waals surface area contributed by atoms with E-state index >= 15 is 0 Å². The second-order valence-corrected chi connectivity index (χ2v) is 3.51. The Hall–Kier alpha value is -2.69. The fourth-order valence-electron chi connectivity index (χ4n) is 1.44. The second kappa shape index (κ2) is 5.58. The normalized spacial score (nSPS) is 10.4. The van der Waals surface area contributed by atoms with Gasteiger partial charge in [0, 0.05) is 11.8 Å². The lowest BCUT2D eigenvalue weighted by molar-refractivity contribution is 0.195. The van der Waals surface area contributed by atoms with Gasteiger partial charge in [-0.15, -0.1) is 0 Å². The van der Waals surface area contributed by atoms with E-state index in [1.165, 1.54) is 6.21 Å². The first-order chi connectivity index (χ1) is 8.75. The first-order valence-electron chi connectivity index (χ1n) is 5.29. The summed E-state index contributed by atoms with van der Waals surface area (Å²) in [5, 5.41) is 11.9. The molecule has 0 radical (unpaired) electrons. The summed E-state index contributed by atoms with van der Waals surface area (Å²) in [7, 11) is 0. The quantitative estimate of drug-likeness (QED) is 0.639. The monoisotopic (exact) mass is 241 g/mol. The largest absolute Gasteiger partial charge is 0.464 e. The van der Waals surface area contributed by atoms with Crippen LogP contribution in [-0.4, -0.2) is 22.4 Å². The Bertz CT molecular complexity index is 550. The number of hydrazone groups is 1. The molecule has 1 aromatic heterocycles. The van der Waals surface area contributed by atoms with Crippen molar-refractivity contribution >= 4 is 12.3 Å². The molecular formula is C13H11N3O2. The standard InChI is InChI=1S/C13H11N3O2/c17-13(18)16-15-9-10-4-6-11(7-5-10)12-3-1-2-8-14-12/h1-9,16H,(H,17,18)/b15-9-. The van der Waals surface area contributed by atoms with Crippen LogP contribution in [0, 0.1) is 0 Å². The number of nitrogens with zero attached hydrogens (tertiary/aromatic N) is 2. The van der Waals surface area contributed by atoms with Gasteiger partial charge in [-0.1, -0.05) is 30.3 Å². The molecule has 0 saturated carbocycles. The van der Waals surface area contributed by atoms with Crippen molar-refractivity contribution < 1.29 is 9.90 Å². The molecule has 0 bridgehead atoms. The molecule has 0 aliphatic heterocycles. The van der Waals surface area contributed by atoms with Gasteiger partial charge in [-0.2, -0.15) is 5.10 Å². The van der Waals surface area contributed by atoms with E-state index in [1.807, 2.05) is 47.9 Å². The van der Waals surface area contributed by atoms with Gasteiger partial charge in [-0.05, 0) is 17.7 Å². The van der Waals surface area contributed by atoms with E-state index in [-0.39, 0.29) is 0 Å². The summed E-state index contributed by atoms with van der Waals surface area (Å²) in [5.74, 6) is 0. The van der Waals surface area contributed by atoms with Crippen molar-refractivity contribution in [3.05, 3.63) is 54.2 Å². The Balaban J connectivity index is 2.11. The van der Waals surface area contributed by atoms with E-state index in [0.29, 0.717) is 0 Å². The molecule has 5 heteroatoms. The summed E-state index contributed by atoms with van der Waals surface area (Å²) in [6.07, 6.45) is 1.99. The van der Waals surface area contributed by atoms with Crippen LogP contribution < -0.4 is 5.43 Å². The Labute approximate surface area is 104 Å². The molecule has 0 fully saturated rings. The number of hydrogen-bond acceptors (Lipinski definition) is 3. The molecule has 2 aromatic rings. The Morgan fingerprint density at radius 2 is 2.00 bits per heavy atom. The summed E-state index contributed by atoms with van der Waals surface area (Å²) >= 11 is 0. The topological polar surface area (TPSA) is 74.6 Å². The molecule has 18 heavy (non-hydrogen) atoms. The number of aromatic nitrogens is 1. The van der Waals surface area contributed by atoms with Gasteiger partial charge in [0.1, 0.15) is 0 Å². The molecule has 0 saturated heterocycles. The number of carbonyl (C=O) groups is 1. The Morgan fingerprint density at radius 1 is 1.22 bits per heavy atom. The van der Waals surface area contributed by atoms with E-state index in [9.17, 15) is 4.79 Å². The van der Waals surface area contributed by atoms with Crippen LogP contribution in [0.4, 0.5) is 4.79 Å². The van der Waals surface area contributed by atoms with Gasteiger partial charge in [0.15, 0.2) is 0 Å². The van der Waals surface area contributed by atoms with E-state index < -0.39 is 6.09 Å². The molecule has 0 aliphatic rings. The fourth-order valence-corrected chi connectivity index (χ4v) is 1.44. The van der Waals surface area contributed by atoms with Crippen LogP contribution in [0.15, 0.2) is 53.8 Å². The van der Waals surface area contributed by atoms with Crippen molar-refractivity contribution in [1.29, 1.82) is 0 Å². The highest BCUT2D eigenvalue weighted by atomic mass is 16.4. The van der Waals surface area contributed by atoms with Crippen LogP contribution in [0.25, 0.3) is 11.3 Å². The third-order valence-corrected chi connectivity index (χ3v) is 2.25. The second-order valence-electron chi connectivity index (χ2n) is 3.51. The molecule has 1 aromatic carbocycles. The van der Waals surface area contributed by atoms with Crippen molar-refractivity contribution in [1.82, 2.24) is 10.4 Å². The molecule has 5 nitrogen and oxygen atoms in total. The fraction of sp³-hybridized carbons (Fsp3) is 0. The molecule has 0 aliphatic carbocycles. The van der Waals surface area contributed by atoms with Gasteiger partial charge >= 0.3 is 6.09 Å². The molecule has 2 N–H and O–H groups in total. The van der Waals surface area contributed by atoms with Crippen molar-refractivity contribution in [2.75, 3.05) is 0 Å². The predicted molar refractivity (Wildman–Crippen MR) is 68.4 cm³/mol. The highest BCUT2D eigenvalue weighted by molar-refractivity contribution is 5.81. The first-order valence-corrected chi connectivity index (χ1v) is 5.29. The number of amides is 1. The molecule has 0 unspecified atom stereocenters.